The molecule has 0 heterocycles. The van der Waals surface area contributed by atoms with Crippen LogP contribution in [-0.2, 0) is 11.3 Å². The van der Waals surface area contributed by atoms with Gasteiger partial charge in [0, 0.05) is 6.04 Å². The van der Waals surface area contributed by atoms with E-state index >= 15 is 0 Å². The van der Waals surface area contributed by atoms with Crippen molar-refractivity contribution in [1.29, 1.82) is 0 Å². The van der Waals surface area contributed by atoms with Crippen LogP contribution in [0, 0.1) is 0 Å². The SMILES string of the molecule is CC[C@@H](N)[C@H](C)OCc1ccccc1.Cl. The molecule has 0 aliphatic rings. The molecule has 1 aromatic rings. The molecule has 2 nitrogen and oxygen atoms in total. The molecular weight excluding hydrogens is 210 g/mol. The summed E-state index contributed by atoms with van der Waals surface area (Å²) in [4.78, 5) is 0. The Morgan fingerprint density at radius 1 is 1.27 bits per heavy atom. The van der Waals surface area contributed by atoms with Crippen LogP contribution in [0.1, 0.15) is 25.8 Å². The van der Waals surface area contributed by atoms with Crippen molar-refractivity contribution >= 4 is 12.4 Å². The molecule has 2 N–H and O–H groups in total. The van der Waals surface area contributed by atoms with Crippen LogP contribution >= 0.6 is 12.4 Å². The first-order chi connectivity index (χ1) is 6.74. The number of hydrogen-bond donors (Lipinski definition) is 1. The smallest absolute Gasteiger partial charge is 0.0721 e. The number of hydrogen-bond acceptors (Lipinski definition) is 2. The van der Waals surface area contributed by atoms with Gasteiger partial charge >= 0.3 is 0 Å². The molecule has 0 spiro atoms. The Labute approximate surface area is 98.2 Å². The van der Waals surface area contributed by atoms with Crippen LogP contribution in [0.3, 0.4) is 0 Å². The molecule has 15 heavy (non-hydrogen) atoms. The molecule has 0 aromatic heterocycles. The lowest BCUT2D eigenvalue weighted by atomic mass is 10.1. The first-order valence-electron chi connectivity index (χ1n) is 5.15. The van der Waals surface area contributed by atoms with Crippen molar-refractivity contribution in [2.75, 3.05) is 0 Å². The van der Waals surface area contributed by atoms with Gasteiger partial charge in [0.05, 0.1) is 12.7 Å². The van der Waals surface area contributed by atoms with E-state index in [1.54, 1.807) is 0 Å². The van der Waals surface area contributed by atoms with Gasteiger partial charge < -0.3 is 10.5 Å². The minimum absolute atomic E-state index is 0. The van der Waals surface area contributed by atoms with E-state index < -0.39 is 0 Å². The molecule has 0 saturated carbocycles. The summed E-state index contributed by atoms with van der Waals surface area (Å²) in [6.07, 6.45) is 1.08. The van der Waals surface area contributed by atoms with Crippen molar-refractivity contribution in [1.82, 2.24) is 0 Å². The molecule has 0 fully saturated rings. The highest BCUT2D eigenvalue weighted by Gasteiger charge is 2.10. The highest BCUT2D eigenvalue weighted by Crippen LogP contribution is 2.06. The van der Waals surface area contributed by atoms with Crippen LogP contribution in [-0.4, -0.2) is 12.1 Å². The average molecular weight is 230 g/mol. The maximum absolute atomic E-state index is 5.86. The average Bonchev–Trinajstić information content (AvgIpc) is 2.26. The Kier molecular flexibility index (Phi) is 7.39. The highest BCUT2D eigenvalue weighted by molar-refractivity contribution is 5.85. The summed E-state index contributed by atoms with van der Waals surface area (Å²) < 4.78 is 5.66. The van der Waals surface area contributed by atoms with E-state index in [1.165, 1.54) is 5.56 Å². The number of benzene rings is 1. The lowest BCUT2D eigenvalue weighted by Crippen LogP contribution is -2.33. The third-order valence-corrected chi connectivity index (χ3v) is 2.43. The molecule has 86 valence electrons. The predicted octanol–water partition coefficient (Wildman–Crippen LogP) is 2.75. The zero-order valence-electron chi connectivity index (χ0n) is 9.35. The number of rotatable bonds is 5. The minimum atomic E-state index is 0. The second kappa shape index (κ2) is 7.69. The molecule has 0 aliphatic carbocycles. The maximum atomic E-state index is 5.86. The lowest BCUT2D eigenvalue weighted by molar-refractivity contribution is 0.0353. The maximum Gasteiger partial charge on any atom is 0.0721 e. The Morgan fingerprint density at radius 3 is 2.40 bits per heavy atom. The molecule has 1 rings (SSSR count). The van der Waals surface area contributed by atoms with Gasteiger partial charge in [0.2, 0.25) is 0 Å². The first-order valence-corrected chi connectivity index (χ1v) is 5.15. The number of halogens is 1. The van der Waals surface area contributed by atoms with Crippen LogP contribution in [0.4, 0.5) is 0 Å². The molecule has 2 atom stereocenters. The molecule has 0 radical (unpaired) electrons. The van der Waals surface area contributed by atoms with Crippen LogP contribution in [0.15, 0.2) is 30.3 Å². The number of nitrogens with two attached hydrogens (primary N) is 1. The van der Waals surface area contributed by atoms with Crippen LogP contribution in [0.2, 0.25) is 0 Å². The molecule has 3 heteroatoms. The van der Waals surface area contributed by atoms with Gasteiger partial charge in [-0.3, -0.25) is 0 Å². The topological polar surface area (TPSA) is 35.2 Å². The van der Waals surface area contributed by atoms with Crippen molar-refractivity contribution in [2.24, 2.45) is 5.73 Å². The molecule has 0 aliphatic heterocycles. The van der Waals surface area contributed by atoms with E-state index in [-0.39, 0.29) is 24.6 Å². The molecular formula is C12H20ClNO. The summed E-state index contributed by atoms with van der Waals surface area (Å²) >= 11 is 0. The normalized spacial score (nSPS) is 14.1. The zero-order chi connectivity index (χ0) is 10.4. The van der Waals surface area contributed by atoms with E-state index in [2.05, 4.69) is 19.1 Å². The van der Waals surface area contributed by atoms with Gasteiger partial charge in [0.1, 0.15) is 0 Å². The fourth-order valence-corrected chi connectivity index (χ4v) is 1.26. The lowest BCUT2D eigenvalue weighted by Gasteiger charge is -2.18. The molecule has 0 bridgehead atoms. The van der Waals surface area contributed by atoms with E-state index in [1.807, 2.05) is 25.1 Å². The third-order valence-electron chi connectivity index (χ3n) is 2.43. The van der Waals surface area contributed by atoms with Crippen molar-refractivity contribution < 1.29 is 4.74 Å². The van der Waals surface area contributed by atoms with E-state index in [4.69, 9.17) is 10.5 Å². The van der Waals surface area contributed by atoms with E-state index in [0.29, 0.717) is 6.61 Å². The highest BCUT2D eigenvalue weighted by atomic mass is 35.5. The summed E-state index contributed by atoms with van der Waals surface area (Å²) in [5.74, 6) is 0. The monoisotopic (exact) mass is 229 g/mol. The van der Waals surface area contributed by atoms with Crippen molar-refractivity contribution in [2.45, 2.75) is 39.0 Å². The van der Waals surface area contributed by atoms with Gasteiger partial charge in [-0.1, -0.05) is 37.3 Å². The third kappa shape index (κ3) is 5.17. The standard InChI is InChI=1S/C12H19NO.ClH/c1-3-12(13)10(2)14-9-11-7-5-4-6-8-11;/h4-8,10,12H,3,9,13H2,1-2H3;1H/t10-,12+;/m0./s1. The largest absolute Gasteiger partial charge is 0.372 e. The van der Waals surface area contributed by atoms with Gasteiger partial charge in [0.25, 0.3) is 0 Å². The Bertz CT molecular complexity index is 253. The quantitative estimate of drug-likeness (QED) is 0.843. The van der Waals surface area contributed by atoms with Crippen LogP contribution in [0.5, 0.6) is 0 Å². The van der Waals surface area contributed by atoms with Crippen LogP contribution in [0.25, 0.3) is 0 Å². The minimum Gasteiger partial charge on any atom is -0.372 e. The summed E-state index contributed by atoms with van der Waals surface area (Å²) in [7, 11) is 0. The van der Waals surface area contributed by atoms with Crippen molar-refractivity contribution in [3.63, 3.8) is 0 Å². The molecule has 0 saturated heterocycles. The zero-order valence-corrected chi connectivity index (χ0v) is 10.2. The Balaban J connectivity index is 0.00000196. The Hall–Kier alpha value is -0.570. The first kappa shape index (κ1) is 14.4. The fraction of sp³-hybridized carbons (Fsp3) is 0.500. The molecule has 1 aromatic carbocycles. The van der Waals surface area contributed by atoms with Crippen LogP contribution < -0.4 is 5.73 Å². The van der Waals surface area contributed by atoms with E-state index in [9.17, 15) is 0 Å². The van der Waals surface area contributed by atoms with Gasteiger partial charge in [-0.2, -0.15) is 0 Å². The summed E-state index contributed by atoms with van der Waals surface area (Å²) in [5.41, 5.74) is 7.05. The Morgan fingerprint density at radius 2 is 1.87 bits per heavy atom. The van der Waals surface area contributed by atoms with Gasteiger partial charge in [-0.05, 0) is 18.9 Å². The second-order valence-electron chi connectivity index (χ2n) is 3.57. The van der Waals surface area contributed by atoms with Crippen molar-refractivity contribution in [3.8, 4) is 0 Å². The van der Waals surface area contributed by atoms with Gasteiger partial charge in [-0.25, -0.2) is 0 Å². The van der Waals surface area contributed by atoms with Gasteiger partial charge in [-0.15, -0.1) is 12.4 Å². The molecule has 0 unspecified atom stereocenters. The van der Waals surface area contributed by atoms with Crippen molar-refractivity contribution in [3.05, 3.63) is 35.9 Å². The summed E-state index contributed by atoms with van der Waals surface area (Å²) in [6, 6.07) is 10.3. The van der Waals surface area contributed by atoms with E-state index in [0.717, 1.165) is 6.42 Å². The second-order valence-corrected chi connectivity index (χ2v) is 3.57. The fourth-order valence-electron chi connectivity index (χ4n) is 1.26. The summed E-state index contributed by atoms with van der Waals surface area (Å²) in [5, 5.41) is 0. The number of ether oxygens (including phenoxy) is 1. The predicted molar refractivity (Wildman–Crippen MR) is 66.2 cm³/mol. The summed E-state index contributed by atoms with van der Waals surface area (Å²) in [6.45, 7) is 4.75. The molecule has 0 amide bonds. The van der Waals surface area contributed by atoms with Gasteiger partial charge in [0.15, 0.2) is 0 Å².